The van der Waals surface area contributed by atoms with Gasteiger partial charge in [0.1, 0.15) is 37.0 Å². The summed E-state index contributed by atoms with van der Waals surface area (Å²) in [4.78, 5) is 44.4. The van der Waals surface area contributed by atoms with E-state index in [0.717, 1.165) is 32.0 Å². The standard InChI is InChI=1S/C16H25N6O8P/c17-16(15(25)21-8-3-1-2-4-8)12-13(18-6-20-16)22(7-19-12)14-11(24)10(23)9(30-14)5-29-31(26,27)28/h6,8-11,14,23-24H,1-5,7,17H2,(H,21,25)(H2,26,27,28)/t9-,10-,11-,14-,16?/m1/s1. The van der Waals surface area contributed by atoms with Crippen LogP contribution in [-0.2, 0) is 18.6 Å². The van der Waals surface area contributed by atoms with E-state index in [-0.39, 0.29) is 24.3 Å². The maximum absolute atomic E-state index is 12.9. The summed E-state index contributed by atoms with van der Waals surface area (Å²) >= 11 is 0. The van der Waals surface area contributed by atoms with Crippen molar-refractivity contribution in [3.8, 4) is 0 Å². The molecule has 1 aliphatic carbocycles. The SMILES string of the molecule is NC1(C(=O)NC2CCCC2)N=CN=C2C1=NCN2[C@@H]1O[C@H](COP(=O)(O)O)[C@@H](O)[C@H]1O. The number of aliphatic imine (C=N–C) groups is 3. The fourth-order valence-electron chi connectivity index (χ4n) is 4.11. The lowest BCUT2D eigenvalue weighted by atomic mass is 10.0. The molecule has 0 aromatic rings. The lowest BCUT2D eigenvalue weighted by Gasteiger charge is -2.32. The van der Waals surface area contributed by atoms with Crippen LogP contribution in [0.15, 0.2) is 15.0 Å². The van der Waals surface area contributed by atoms with Crippen LogP contribution in [0.2, 0.25) is 0 Å². The first kappa shape index (κ1) is 22.4. The van der Waals surface area contributed by atoms with Gasteiger partial charge in [0, 0.05) is 6.04 Å². The number of carbonyl (C=O) groups is 1. The third kappa shape index (κ3) is 4.30. The molecule has 7 N–H and O–H groups in total. The molecule has 0 bridgehead atoms. The topological polar surface area (TPSA) is 212 Å². The van der Waals surface area contributed by atoms with Gasteiger partial charge in [-0.05, 0) is 12.8 Å². The van der Waals surface area contributed by atoms with Crippen molar-refractivity contribution >= 4 is 31.6 Å². The Morgan fingerprint density at radius 2 is 2.06 bits per heavy atom. The lowest BCUT2D eigenvalue weighted by Crippen LogP contribution is -2.63. The molecule has 3 aliphatic heterocycles. The van der Waals surface area contributed by atoms with Crippen molar-refractivity contribution in [3.05, 3.63) is 0 Å². The first-order valence-electron chi connectivity index (χ1n) is 9.85. The average Bonchev–Trinajstić information content (AvgIpc) is 3.42. The minimum absolute atomic E-state index is 0.0217. The molecule has 172 valence electrons. The van der Waals surface area contributed by atoms with E-state index in [2.05, 4.69) is 24.8 Å². The van der Waals surface area contributed by atoms with Gasteiger partial charge in [0.2, 0.25) is 5.66 Å². The zero-order valence-corrected chi connectivity index (χ0v) is 17.3. The second-order valence-electron chi connectivity index (χ2n) is 7.87. The minimum atomic E-state index is -4.79. The number of phosphoric ester groups is 1. The predicted molar refractivity (Wildman–Crippen MR) is 106 cm³/mol. The van der Waals surface area contributed by atoms with E-state index in [1.807, 2.05) is 0 Å². The number of carbonyl (C=O) groups excluding carboxylic acids is 1. The lowest BCUT2D eigenvalue weighted by molar-refractivity contribution is -0.124. The molecule has 0 radical (unpaired) electrons. The molecule has 2 fully saturated rings. The van der Waals surface area contributed by atoms with Gasteiger partial charge in [0.25, 0.3) is 5.91 Å². The van der Waals surface area contributed by atoms with Crippen molar-refractivity contribution in [1.29, 1.82) is 0 Å². The number of hydrogen-bond donors (Lipinski definition) is 6. The van der Waals surface area contributed by atoms with Crippen molar-refractivity contribution in [3.63, 3.8) is 0 Å². The van der Waals surface area contributed by atoms with E-state index in [1.54, 1.807) is 0 Å². The molecule has 1 saturated heterocycles. The van der Waals surface area contributed by atoms with Crippen LogP contribution in [0.5, 0.6) is 0 Å². The second-order valence-corrected chi connectivity index (χ2v) is 9.11. The normalized spacial score (nSPS) is 35.8. The van der Waals surface area contributed by atoms with Gasteiger partial charge in [-0.1, -0.05) is 12.8 Å². The predicted octanol–water partition coefficient (Wildman–Crippen LogP) is -2.59. The summed E-state index contributed by atoms with van der Waals surface area (Å²) in [6.07, 6.45) is -0.387. The van der Waals surface area contributed by atoms with Crippen molar-refractivity contribution in [2.75, 3.05) is 13.3 Å². The van der Waals surface area contributed by atoms with E-state index >= 15 is 0 Å². The molecule has 31 heavy (non-hydrogen) atoms. The van der Waals surface area contributed by atoms with Crippen LogP contribution in [0.25, 0.3) is 0 Å². The fourth-order valence-corrected chi connectivity index (χ4v) is 4.45. The molecule has 5 atom stereocenters. The minimum Gasteiger partial charge on any atom is -0.387 e. The Bertz CT molecular complexity index is 870. The van der Waals surface area contributed by atoms with Gasteiger partial charge in [-0.15, -0.1) is 0 Å². The van der Waals surface area contributed by atoms with Crippen molar-refractivity contribution < 1.29 is 38.6 Å². The number of phosphoric acid groups is 1. The third-order valence-corrected chi connectivity index (χ3v) is 6.24. The number of amidine groups is 1. The Labute approximate surface area is 177 Å². The van der Waals surface area contributed by atoms with Gasteiger partial charge in [-0.3, -0.25) is 20.0 Å². The van der Waals surface area contributed by atoms with Crippen molar-refractivity contribution in [1.82, 2.24) is 10.2 Å². The number of rotatable bonds is 6. The van der Waals surface area contributed by atoms with Crippen LogP contribution in [0, 0.1) is 0 Å². The summed E-state index contributed by atoms with van der Waals surface area (Å²) in [7, 11) is -4.79. The van der Waals surface area contributed by atoms with Crippen molar-refractivity contribution in [2.45, 2.75) is 61.9 Å². The van der Waals surface area contributed by atoms with Crippen LogP contribution in [0.4, 0.5) is 0 Å². The highest BCUT2D eigenvalue weighted by molar-refractivity contribution is 7.46. The highest BCUT2D eigenvalue weighted by Gasteiger charge is 2.53. The number of nitrogens with one attached hydrogen (secondary N) is 1. The zero-order valence-electron chi connectivity index (χ0n) is 16.4. The quantitative estimate of drug-likeness (QED) is 0.228. The molecule has 4 rings (SSSR count). The maximum Gasteiger partial charge on any atom is 0.469 e. The summed E-state index contributed by atoms with van der Waals surface area (Å²) in [5.41, 5.74) is 4.61. The summed E-state index contributed by atoms with van der Waals surface area (Å²) < 4.78 is 20.9. The Balaban J connectivity index is 1.47. The van der Waals surface area contributed by atoms with Crippen LogP contribution in [0.3, 0.4) is 0 Å². The van der Waals surface area contributed by atoms with Gasteiger partial charge < -0.3 is 35.0 Å². The molecule has 1 amide bonds. The fraction of sp³-hybridized carbons (Fsp3) is 0.750. The van der Waals surface area contributed by atoms with E-state index in [4.69, 9.17) is 20.3 Å². The van der Waals surface area contributed by atoms with Gasteiger partial charge in [0.15, 0.2) is 12.1 Å². The molecule has 0 aromatic heterocycles. The molecule has 0 spiro atoms. The number of nitrogens with zero attached hydrogens (tertiary/aromatic N) is 4. The summed E-state index contributed by atoms with van der Waals surface area (Å²) in [6, 6.07) is 0.0217. The van der Waals surface area contributed by atoms with E-state index in [0.29, 0.717) is 0 Å². The molecule has 1 unspecified atom stereocenters. The molecule has 14 nitrogen and oxygen atoms in total. The molecule has 0 aromatic carbocycles. The van der Waals surface area contributed by atoms with Crippen LogP contribution in [-0.4, -0.2) is 98.2 Å². The number of nitrogens with two attached hydrogens (primary N) is 1. The van der Waals surface area contributed by atoms with Gasteiger partial charge in [-0.25, -0.2) is 14.5 Å². The van der Waals surface area contributed by atoms with Crippen LogP contribution >= 0.6 is 7.82 Å². The second kappa shape index (κ2) is 8.30. The number of hydrogen-bond acceptors (Lipinski definition) is 11. The Morgan fingerprint density at radius 1 is 1.35 bits per heavy atom. The Morgan fingerprint density at radius 3 is 2.74 bits per heavy atom. The Hall–Kier alpha value is -1.77. The number of fused-ring (bicyclic) bond motifs is 1. The summed E-state index contributed by atoms with van der Waals surface area (Å²) in [5, 5.41) is 23.5. The van der Waals surface area contributed by atoms with Gasteiger partial charge >= 0.3 is 7.82 Å². The number of amides is 1. The van der Waals surface area contributed by atoms with Gasteiger partial charge in [-0.2, -0.15) is 0 Å². The van der Waals surface area contributed by atoms with Gasteiger partial charge in [0.05, 0.1) is 6.61 Å². The summed E-state index contributed by atoms with van der Waals surface area (Å²) in [5.74, 6) is -0.351. The smallest absolute Gasteiger partial charge is 0.387 e. The summed E-state index contributed by atoms with van der Waals surface area (Å²) in [6.45, 7) is -0.715. The molecule has 4 aliphatic rings. The molecular weight excluding hydrogens is 435 g/mol. The van der Waals surface area contributed by atoms with Crippen molar-refractivity contribution in [2.24, 2.45) is 20.7 Å². The molecule has 15 heteroatoms. The first-order chi connectivity index (χ1) is 14.6. The number of aliphatic hydroxyl groups is 2. The van der Waals surface area contributed by atoms with E-state index in [1.165, 1.54) is 4.90 Å². The first-order valence-corrected chi connectivity index (χ1v) is 11.4. The number of ether oxygens (including phenoxy) is 1. The monoisotopic (exact) mass is 460 g/mol. The molecule has 1 saturated carbocycles. The van der Waals surface area contributed by atoms with Crippen LogP contribution < -0.4 is 11.1 Å². The van der Waals surface area contributed by atoms with Crippen LogP contribution in [0.1, 0.15) is 25.7 Å². The van der Waals surface area contributed by atoms with E-state index < -0.39 is 50.5 Å². The largest absolute Gasteiger partial charge is 0.469 e. The molecular formula is C16H25N6O8P. The highest BCUT2D eigenvalue weighted by atomic mass is 31.2. The average molecular weight is 460 g/mol. The van der Waals surface area contributed by atoms with E-state index in [9.17, 15) is 19.6 Å². The Kier molecular flexibility index (Phi) is 6.00. The zero-order chi connectivity index (χ0) is 22.4. The number of aliphatic hydroxyl groups excluding tert-OH is 2. The maximum atomic E-state index is 12.9. The third-order valence-electron chi connectivity index (χ3n) is 5.76. The highest BCUT2D eigenvalue weighted by Crippen LogP contribution is 2.38. The molecule has 3 heterocycles.